The smallest absolute Gasteiger partial charge is 0.335 e. The highest BCUT2D eigenvalue weighted by molar-refractivity contribution is 6.05. The second-order valence-corrected chi connectivity index (χ2v) is 5.96. The molecule has 4 atom stereocenters. The number of imide groups is 1. The molecule has 0 radical (unpaired) electrons. The van der Waals surface area contributed by atoms with Crippen LogP contribution in [-0.4, -0.2) is 28.9 Å². The van der Waals surface area contributed by atoms with E-state index in [4.69, 9.17) is 4.74 Å². The van der Waals surface area contributed by atoms with Crippen LogP contribution in [-0.2, 0) is 19.1 Å². The number of amides is 2. The van der Waals surface area contributed by atoms with E-state index in [-0.39, 0.29) is 29.2 Å². The monoisotopic (exact) mass is 279 g/mol. The van der Waals surface area contributed by atoms with Gasteiger partial charge in [-0.2, -0.15) is 0 Å². The largest absolute Gasteiger partial charge is 0.438 e. The molecule has 0 aromatic heterocycles. The Bertz CT molecular complexity index is 470. The van der Waals surface area contributed by atoms with Gasteiger partial charge in [-0.1, -0.05) is 13.5 Å². The summed E-state index contributed by atoms with van der Waals surface area (Å²) in [4.78, 5) is 37.4. The van der Waals surface area contributed by atoms with Crippen LogP contribution >= 0.6 is 0 Å². The Balaban J connectivity index is 2.12. The molecule has 2 aliphatic rings. The number of rotatable bonds is 3. The summed E-state index contributed by atoms with van der Waals surface area (Å²) in [5, 5.41) is 0. The van der Waals surface area contributed by atoms with Gasteiger partial charge in [0, 0.05) is 5.57 Å². The van der Waals surface area contributed by atoms with Crippen molar-refractivity contribution in [3.05, 3.63) is 12.2 Å². The molecule has 0 aromatic rings. The molecule has 4 unspecified atom stereocenters. The van der Waals surface area contributed by atoms with E-state index in [2.05, 4.69) is 13.5 Å². The number of carbonyl (C=O) groups excluding carboxylic acids is 3. The van der Waals surface area contributed by atoms with Crippen molar-refractivity contribution in [1.29, 1.82) is 0 Å². The van der Waals surface area contributed by atoms with E-state index < -0.39 is 12.2 Å². The van der Waals surface area contributed by atoms with Crippen LogP contribution in [0.3, 0.4) is 0 Å². The molecule has 2 rings (SSSR count). The van der Waals surface area contributed by atoms with Gasteiger partial charge in [-0.15, -0.1) is 0 Å². The Kier molecular flexibility index (Phi) is 3.97. The maximum Gasteiger partial charge on any atom is 0.335 e. The maximum atomic E-state index is 12.4. The Labute approximate surface area is 119 Å². The standard InChI is InChI=1S/C15H21NO4/c1-8(2)15(19)20-10(4)16-13(17)11-6-5-9(3)7-12(11)14(16)18/h9-12H,1,5-7H2,2-4H3. The van der Waals surface area contributed by atoms with Crippen LogP contribution in [0.15, 0.2) is 12.2 Å². The molecule has 0 spiro atoms. The summed E-state index contributed by atoms with van der Waals surface area (Å²) in [5.41, 5.74) is 0.252. The zero-order chi connectivity index (χ0) is 15.0. The van der Waals surface area contributed by atoms with E-state index in [0.29, 0.717) is 5.92 Å². The molecule has 2 amide bonds. The van der Waals surface area contributed by atoms with Crippen molar-refractivity contribution in [2.45, 2.75) is 46.3 Å². The predicted molar refractivity (Wildman–Crippen MR) is 72.2 cm³/mol. The van der Waals surface area contributed by atoms with Crippen molar-refractivity contribution in [2.24, 2.45) is 17.8 Å². The molecule has 20 heavy (non-hydrogen) atoms. The first-order chi connectivity index (χ1) is 9.32. The van der Waals surface area contributed by atoms with E-state index in [1.54, 1.807) is 6.92 Å². The molecule has 2 fully saturated rings. The van der Waals surface area contributed by atoms with Gasteiger partial charge in [-0.3, -0.25) is 9.59 Å². The maximum absolute atomic E-state index is 12.4. The molecule has 1 saturated heterocycles. The Morgan fingerprint density at radius 2 is 1.90 bits per heavy atom. The number of hydrogen-bond donors (Lipinski definition) is 0. The highest BCUT2D eigenvalue weighted by Gasteiger charge is 2.51. The number of nitrogens with zero attached hydrogens (tertiary/aromatic N) is 1. The summed E-state index contributed by atoms with van der Waals surface area (Å²) in [6, 6.07) is 0. The minimum atomic E-state index is -0.861. The number of fused-ring (bicyclic) bond motifs is 1. The Morgan fingerprint density at radius 3 is 2.50 bits per heavy atom. The molecule has 5 heteroatoms. The second kappa shape index (κ2) is 5.38. The van der Waals surface area contributed by atoms with Crippen LogP contribution in [0, 0.1) is 17.8 Å². The highest BCUT2D eigenvalue weighted by atomic mass is 16.6. The van der Waals surface area contributed by atoms with Gasteiger partial charge in [0.15, 0.2) is 6.23 Å². The summed E-state index contributed by atoms with van der Waals surface area (Å²) >= 11 is 0. The molecule has 0 bridgehead atoms. The lowest BCUT2D eigenvalue weighted by Crippen LogP contribution is -2.41. The average molecular weight is 279 g/mol. The van der Waals surface area contributed by atoms with Crippen molar-refractivity contribution in [2.75, 3.05) is 0 Å². The predicted octanol–water partition coefficient (Wildman–Crippen LogP) is 1.87. The van der Waals surface area contributed by atoms with E-state index in [0.717, 1.165) is 24.2 Å². The van der Waals surface area contributed by atoms with Crippen molar-refractivity contribution in [3.63, 3.8) is 0 Å². The summed E-state index contributed by atoms with van der Waals surface area (Å²) in [7, 11) is 0. The fourth-order valence-corrected chi connectivity index (χ4v) is 3.08. The number of esters is 1. The summed E-state index contributed by atoms with van der Waals surface area (Å²) < 4.78 is 5.12. The number of likely N-dealkylation sites (tertiary alicyclic amines) is 1. The highest BCUT2D eigenvalue weighted by Crippen LogP contribution is 2.41. The topological polar surface area (TPSA) is 63.7 Å². The quantitative estimate of drug-likeness (QED) is 0.449. The summed E-state index contributed by atoms with van der Waals surface area (Å²) in [6.45, 7) is 8.68. The van der Waals surface area contributed by atoms with Gasteiger partial charge < -0.3 is 4.74 Å². The molecular weight excluding hydrogens is 258 g/mol. The van der Waals surface area contributed by atoms with Gasteiger partial charge in [-0.05, 0) is 39.0 Å². The third kappa shape index (κ3) is 2.49. The van der Waals surface area contributed by atoms with Crippen LogP contribution in [0.4, 0.5) is 0 Å². The molecule has 0 aromatic carbocycles. The molecule has 1 saturated carbocycles. The zero-order valence-corrected chi connectivity index (χ0v) is 12.2. The zero-order valence-electron chi connectivity index (χ0n) is 12.2. The Morgan fingerprint density at radius 1 is 1.30 bits per heavy atom. The van der Waals surface area contributed by atoms with E-state index in [1.807, 2.05) is 0 Å². The van der Waals surface area contributed by atoms with Gasteiger partial charge in [0.2, 0.25) is 11.8 Å². The molecule has 1 aliphatic heterocycles. The molecule has 1 aliphatic carbocycles. The first kappa shape index (κ1) is 14.8. The Hall–Kier alpha value is -1.65. The third-order valence-corrected chi connectivity index (χ3v) is 4.21. The lowest BCUT2D eigenvalue weighted by atomic mass is 9.76. The van der Waals surface area contributed by atoms with Crippen LogP contribution in [0.1, 0.15) is 40.0 Å². The van der Waals surface area contributed by atoms with Gasteiger partial charge in [0.05, 0.1) is 11.8 Å². The fraction of sp³-hybridized carbons (Fsp3) is 0.667. The van der Waals surface area contributed by atoms with Crippen molar-refractivity contribution < 1.29 is 19.1 Å². The summed E-state index contributed by atoms with van der Waals surface area (Å²) in [6.07, 6.45) is 1.59. The van der Waals surface area contributed by atoms with Gasteiger partial charge >= 0.3 is 5.97 Å². The van der Waals surface area contributed by atoms with E-state index >= 15 is 0 Å². The number of ether oxygens (including phenoxy) is 1. The second-order valence-electron chi connectivity index (χ2n) is 5.96. The minimum absolute atomic E-state index is 0.200. The van der Waals surface area contributed by atoms with E-state index in [1.165, 1.54) is 6.92 Å². The van der Waals surface area contributed by atoms with Gasteiger partial charge in [0.25, 0.3) is 0 Å². The summed E-state index contributed by atoms with van der Waals surface area (Å²) in [5.74, 6) is -0.994. The van der Waals surface area contributed by atoms with Crippen LogP contribution in [0.25, 0.3) is 0 Å². The molecular formula is C15H21NO4. The molecule has 0 N–H and O–H groups in total. The van der Waals surface area contributed by atoms with Crippen molar-refractivity contribution >= 4 is 17.8 Å². The van der Waals surface area contributed by atoms with Gasteiger partial charge in [-0.25, -0.2) is 9.69 Å². The normalized spacial score (nSPS) is 30.9. The first-order valence-electron chi connectivity index (χ1n) is 7.06. The SMILES string of the molecule is C=C(C)C(=O)OC(C)N1C(=O)C2CCC(C)CC2C1=O. The lowest BCUT2D eigenvalue weighted by Gasteiger charge is -2.25. The number of carbonyl (C=O) groups is 3. The van der Waals surface area contributed by atoms with Crippen LogP contribution in [0.5, 0.6) is 0 Å². The molecule has 110 valence electrons. The van der Waals surface area contributed by atoms with Gasteiger partial charge in [0.1, 0.15) is 0 Å². The van der Waals surface area contributed by atoms with Crippen LogP contribution in [0.2, 0.25) is 0 Å². The molecule has 1 heterocycles. The van der Waals surface area contributed by atoms with Crippen molar-refractivity contribution in [3.8, 4) is 0 Å². The molecule has 5 nitrogen and oxygen atoms in total. The first-order valence-corrected chi connectivity index (χ1v) is 7.06. The van der Waals surface area contributed by atoms with Crippen molar-refractivity contribution in [1.82, 2.24) is 4.90 Å². The third-order valence-electron chi connectivity index (χ3n) is 4.21. The minimum Gasteiger partial charge on any atom is -0.438 e. The lowest BCUT2D eigenvalue weighted by molar-refractivity contribution is -0.163. The number of hydrogen-bond acceptors (Lipinski definition) is 4. The average Bonchev–Trinajstić information content (AvgIpc) is 2.61. The fourth-order valence-electron chi connectivity index (χ4n) is 3.08. The van der Waals surface area contributed by atoms with E-state index in [9.17, 15) is 14.4 Å². The van der Waals surface area contributed by atoms with Crippen LogP contribution < -0.4 is 0 Å².